The van der Waals surface area contributed by atoms with Crippen LogP contribution in [-0.4, -0.2) is 20.9 Å². The van der Waals surface area contributed by atoms with Gasteiger partial charge in [-0.2, -0.15) is 0 Å². The van der Waals surface area contributed by atoms with Gasteiger partial charge in [0.1, 0.15) is 5.82 Å². The Hall–Kier alpha value is -1.66. The van der Waals surface area contributed by atoms with Gasteiger partial charge >= 0.3 is 0 Å². The number of benzene rings is 2. The smallest absolute Gasteiger partial charge is 0.141 e. The Morgan fingerprint density at radius 1 is 0.763 bits per heavy atom. The number of imidazole rings is 1. The van der Waals surface area contributed by atoms with Crippen LogP contribution < -0.4 is 5.30 Å². The number of aromatic nitrogens is 2. The average molecular weight is 531 g/mol. The first-order valence-corrected chi connectivity index (χ1v) is 17.5. The van der Waals surface area contributed by atoms with E-state index in [9.17, 15) is 0 Å². The zero-order chi connectivity index (χ0) is 26.3. The number of aryl methyl sites for hydroxylation is 3. The molecule has 1 aromatic heterocycles. The summed E-state index contributed by atoms with van der Waals surface area (Å²) in [5.74, 6) is 1.24. The summed E-state index contributed by atoms with van der Waals surface area (Å²) in [7, 11) is -0.167. The Morgan fingerprint density at radius 3 is 2.05 bits per heavy atom. The third-order valence-corrected chi connectivity index (χ3v) is 13.0. The lowest BCUT2D eigenvalue weighted by molar-refractivity contribution is 0.487. The van der Waals surface area contributed by atoms with Gasteiger partial charge in [0.05, 0.1) is 11.0 Å². The molecule has 0 amide bonds. The van der Waals surface area contributed by atoms with E-state index >= 15 is 0 Å². The second-order valence-corrected chi connectivity index (χ2v) is 15.0. The normalized spacial score (nSPS) is 17.6. The molecule has 1 heterocycles. The Morgan fingerprint density at radius 2 is 1.37 bits per heavy atom. The zero-order valence-corrected chi connectivity index (χ0v) is 25.4. The average Bonchev–Trinajstić information content (AvgIpc) is 3.29. The minimum absolute atomic E-state index is 0.167. The van der Waals surface area contributed by atoms with Crippen LogP contribution >= 0.6 is 7.92 Å². The molecule has 2 aromatic carbocycles. The lowest BCUT2D eigenvalue weighted by atomic mass is 9.99. The van der Waals surface area contributed by atoms with Crippen molar-refractivity contribution in [2.75, 3.05) is 0 Å². The third-order valence-electron chi connectivity index (χ3n) is 9.46. The van der Waals surface area contributed by atoms with E-state index < -0.39 is 0 Å². The van der Waals surface area contributed by atoms with Gasteiger partial charge < -0.3 is 4.57 Å². The molecule has 2 aliphatic rings. The lowest BCUT2D eigenvalue weighted by Gasteiger charge is -2.39. The summed E-state index contributed by atoms with van der Waals surface area (Å²) in [6.07, 6.45) is 22.4. The van der Waals surface area contributed by atoms with Gasteiger partial charge in [-0.15, -0.1) is 0 Å². The van der Waals surface area contributed by atoms with E-state index in [0.717, 1.165) is 17.9 Å². The van der Waals surface area contributed by atoms with E-state index in [0.29, 0.717) is 0 Å². The van der Waals surface area contributed by atoms with Gasteiger partial charge in [0.2, 0.25) is 0 Å². The molecule has 2 nitrogen and oxygen atoms in total. The standard InChI is InChI=1S/C35H51N2P/c1-4-5-6-7-8-17-24-37-33-26-28(3)27(2)25-32(33)36-35(37)31-22-15-16-23-34(31)38(29-18-11-9-12-19-29)30-20-13-10-14-21-30/h15-16,22-23,25-26,29-30H,4-14,17-21,24H2,1-3H3. The van der Waals surface area contributed by atoms with Gasteiger partial charge in [-0.3, -0.25) is 0 Å². The molecule has 206 valence electrons. The monoisotopic (exact) mass is 530 g/mol. The molecule has 0 spiro atoms. The lowest BCUT2D eigenvalue weighted by Crippen LogP contribution is -2.27. The summed E-state index contributed by atoms with van der Waals surface area (Å²) in [5.41, 5.74) is 8.52. The molecule has 0 bridgehead atoms. The maximum Gasteiger partial charge on any atom is 0.141 e. The fraction of sp³-hybridized carbons (Fsp3) is 0.629. The van der Waals surface area contributed by atoms with E-state index in [1.165, 1.54) is 136 Å². The Labute approximate surface area is 233 Å². The van der Waals surface area contributed by atoms with Gasteiger partial charge in [0.25, 0.3) is 0 Å². The third kappa shape index (κ3) is 6.38. The van der Waals surface area contributed by atoms with Crippen LogP contribution in [0.1, 0.15) is 121 Å². The Balaban J connectivity index is 1.55. The maximum atomic E-state index is 5.42. The second-order valence-electron chi connectivity index (χ2n) is 12.3. The number of rotatable bonds is 11. The van der Waals surface area contributed by atoms with E-state index in [1.807, 2.05) is 0 Å². The molecule has 2 fully saturated rings. The Kier molecular flexibility index (Phi) is 9.99. The first-order chi connectivity index (χ1) is 18.7. The molecule has 0 aliphatic heterocycles. The van der Waals surface area contributed by atoms with Crippen LogP contribution in [0, 0.1) is 13.8 Å². The molecule has 0 saturated heterocycles. The highest BCUT2D eigenvalue weighted by atomic mass is 31.1. The number of fused-ring (bicyclic) bond motifs is 1. The minimum Gasteiger partial charge on any atom is -0.324 e. The van der Waals surface area contributed by atoms with Crippen molar-refractivity contribution in [1.29, 1.82) is 0 Å². The van der Waals surface area contributed by atoms with Gasteiger partial charge in [0, 0.05) is 12.1 Å². The summed E-state index contributed by atoms with van der Waals surface area (Å²) in [6, 6.07) is 14.3. The fourth-order valence-corrected chi connectivity index (χ4v) is 11.1. The molecule has 2 aliphatic carbocycles. The Bertz CT molecular complexity index is 1150. The van der Waals surface area contributed by atoms with Crippen molar-refractivity contribution >= 4 is 24.3 Å². The van der Waals surface area contributed by atoms with Crippen molar-refractivity contribution in [3.8, 4) is 11.4 Å². The molecule has 3 aromatic rings. The van der Waals surface area contributed by atoms with Crippen molar-refractivity contribution in [2.24, 2.45) is 0 Å². The van der Waals surface area contributed by atoms with Crippen molar-refractivity contribution in [1.82, 2.24) is 9.55 Å². The summed E-state index contributed by atoms with van der Waals surface area (Å²) >= 11 is 0. The topological polar surface area (TPSA) is 17.8 Å². The molecule has 2 saturated carbocycles. The number of hydrogen-bond acceptors (Lipinski definition) is 1. The van der Waals surface area contributed by atoms with Crippen LogP contribution in [0.15, 0.2) is 36.4 Å². The maximum absolute atomic E-state index is 5.42. The van der Waals surface area contributed by atoms with Crippen molar-refractivity contribution < 1.29 is 0 Å². The van der Waals surface area contributed by atoms with Gasteiger partial charge in [-0.05, 0) is 85.8 Å². The summed E-state index contributed by atoms with van der Waals surface area (Å²) < 4.78 is 2.61. The summed E-state index contributed by atoms with van der Waals surface area (Å²) in [4.78, 5) is 5.42. The van der Waals surface area contributed by atoms with Gasteiger partial charge in [0.15, 0.2) is 0 Å². The van der Waals surface area contributed by atoms with Crippen LogP contribution in [-0.2, 0) is 6.54 Å². The van der Waals surface area contributed by atoms with Crippen molar-refractivity contribution in [3.63, 3.8) is 0 Å². The van der Waals surface area contributed by atoms with Gasteiger partial charge in [-0.1, -0.05) is 110 Å². The highest BCUT2D eigenvalue weighted by molar-refractivity contribution is 7.67. The van der Waals surface area contributed by atoms with E-state index in [2.05, 4.69) is 61.7 Å². The van der Waals surface area contributed by atoms with E-state index in [4.69, 9.17) is 4.98 Å². The predicted molar refractivity (Wildman–Crippen MR) is 168 cm³/mol. The predicted octanol–water partition coefficient (Wildman–Crippen LogP) is 10.5. The minimum atomic E-state index is -0.167. The van der Waals surface area contributed by atoms with Crippen molar-refractivity contribution in [3.05, 3.63) is 47.5 Å². The number of unbranched alkanes of at least 4 members (excludes halogenated alkanes) is 5. The highest BCUT2D eigenvalue weighted by Crippen LogP contribution is 2.56. The quantitative estimate of drug-likeness (QED) is 0.178. The molecule has 38 heavy (non-hydrogen) atoms. The zero-order valence-electron chi connectivity index (χ0n) is 24.5. The van der Waals surface area contributed by atoms with Crippen LogP contribution in [0.4, 0.5) is 0 Å². The fourth-order valence-electron chi connectivity index (χ4n) is 7.16. The second kappa shape index (κ2) is 13.6. The van der Waals surface area contributed by atoms with Crippen LogP contribution in [0.5, 0.6) is 0 Å². The molecule has 0 radical (unpaired) electrons. The molecular weight excluding hydrogens is 479 g/mol. The molecular formula is C35H51N2P. The van der Waals surface area contributed by atoms with Crippen LogP contribution in [0.2, 0.25) is 0 Å². The number of nitrogens with zero attached hydrogens (tertiary/aromatic N) is 2. The van der Waals surface area contributed by atoms with Crippen LogP contribution in [0.25, 0.3) is 22.4 Å². The van der Waals surface area contributed by atoms with Crippen LogP contribution in [0.3, 0.4) is 0 Å². The molecule has 0 N–H and O–H groups in total. The first-order valence-electron chi connectivity index (χ1n) is 16.0. The number of hydrogen-bond donors (Lipinski definition) is 0. The molecule has 0 unspecified atom stereocenters. The molecule has 5 rings (SSSR count). The van der Waals surface area contributed by atoms with Crippen molar-refractivity contribution in [2.45, 2.75) is 141 Å². The summed E-state index contributed by atoms with van der Waals surface area (Å²) in [6.45, 7) is 7.89. The summed E-state index contributed by atoms with van der Waals surface area (Å²) in [5, 5.41) is 1.68. The highest BCUT2D eigenvalue weighted by Gasteiger charge is 2.34. The van der Waals surface area contributed by atoms with Gasteiger partial charge in [-0.25, -0.2) is 4.98 Å². The molecule has 0 atom stereocenters. The first kappa shape index (κ1) is 27.9. The van der Waals surface area contributed by atoms with E-state index in [1.54, 1.807) is 5.30 Å². The molecule has 3 heteroatoms. The largest absolute Gasteiger partial charge is 0.324 e. The van der Waals surface area contributed by atoms with E-state index in [-0.39, 0.29) is 7.92 Å². The SMILES string of the molecule is CCCCCCCCn1c(-c2ccccc2P(C2CCCCC2)C2CCCCC2)nc2cc(C)c(C)cc21.